The van der Waals surface area contributed by atoms with Crippen molar-refractivity contribution >= 4 is 48.0 Å². The first kappa shape index (κ1) is 26.9. The van der Waals surface area contributed by atoms with Crippen LogP contribution < -0.4 is 16.4 Å². The second-order valence-corrected chi connectivity index (χ2v) is 7.70. The minimum absolute atomic E-state index is 0. The Morgan fingerprint density at radius 2 is 1.52 bits per heavy atom. The van der Waals surface area contributed by atoms with E-state index in [-0.39, 0.29) is 36.6 Å². The third kappa shape index (κ3) is 8.50. The van der Waals surface area contributed by atoms with Gasteiger partial charge in [0.05, 0.1) is 6.54 Å². The van der Waals surface area contributed by atoms with Crippen molar-refractivity contribution in [1.82, 2.24) is 4.90 Å². The van der Waals surface area contributed by atoms with Crippen molar-refractivity contribution in [3.8, 4) is 0 Å². The van der Waals surface area contributed by atoms with Crippen LogP contribution in [0.25, 0.3) is 0 Å². The average Bonchev–Trinajstić information content (AvgIpc) is 2.97. The van der Waals surface area contributed by atoms with Gasteiger partial charge in [-0.3, -0.25) is 14.5 Å². The van der Waals surface area contributed by atoms with E-state index in [0.717, 1.165) is 37.1 Å². The van der Waals surface area contributed by atoms with Gasteiger partial charge >= 0.3 is 0 Å². The number of benzene rings is 2. The summed E-state index contributed by atoms with van der Waals surface area (Å²) in [7, 11) is 0. The third-order valence-electron chi connectivity index (χ3n) is 5.20. The molecule has 1 aliphatic heterocycles. The highest BCUT2D eigenvalue weighted by Crippen LogP contribution is 2.18. The predicted octanol–water partition coefficient (Wildman–Crippen LogP) is 4.29. The van der Waals surface area contributed by atoms with Gasteiger partial charge in [-0.15, -0.1) is 24.8 Å². The van der Waals surface area contributed by atoms with Crippen LogP contribution >= 0.6 is 24.8 Å². The molecule has 2 aromatic carbocycles. The topological polar surface area (TPSA) is 87.5 Å². The van der Waals surface area contributed by atoms with Crippen molar-refractivity contribution in [1.29, 1.82) is 0 Å². The summed E-state index contributed by atoms with van der Waals surface area (Å²) in [6, 6.07) is 14.0. The lowest BCUT2D eigenvalue weighted by molar-refractivity contribution is -0.118. The van der Waals surface area contributed by atoms with Crippen molar-refractivity contribution in [2.75, 3.05) is 30.3 Å². The van der Waals surface area contributed by atoms with Gasteiger partial charge in [0.25, 0.3) is 0 Å². The van der Waals surface area contributed by atoms with Gasteiger partial charge in [-0.25, -0.2) is 0 Å². The number of hydrogen-bond donors (Lipinski definition) is 3. The van der Waals surface area contributed by atoms with Gasteiger partial charge in [-0.05, 0) is 56.6 Å². The number of carbonyl (C=O) groups excluding carboxylic acids is 2. The fourth-order valence-electron chi connectivity index (χ4n) is 3.52. The molecule has 3 rings (SSSR count). The van der Waals surface area contributed by atoms with Crippen LogP contribution in [0.3, 0.4) is 0 Å². The number of carbonyl (C=O) groups is 2. The summed E-state index contributed by atoms with van der Waals surface area (Å²) in [5, 5.41) is 5.76. The summed E-state index contributed by atoms with van der Waals surface area (Å²) in [6.07, 6.45) is 4.78. The number of hydrogen-bond acceptors (Lipinski definition) is 4. The maximum absolute atomic E-state index is 12.5. The van der Waals surface area contributed by atoms with Crippen LogP contribution in [-0.4, -0.2) is 36.3 Å². The van der Waals surface area contributed by atoms with E-state index in [1.54, 1.807) is 18.2 Å². The molecule has 6 nitrogen and oxygen atoms in total. The Morgan fingerprint density at radius 3 is 2.13 bits per heavy atom. The van der Waals surface area contributed by atoms with E-state index in [9.17, 15) is 9.59 Å². The molecule has 1 saturated heterocycles. The van der Waals surface area contributed by atoms with Gasteiger partial charge in [0.2, 0.25) is 11.8 Å². The molecule has 1 atom stereocenters. The largest absolute Gasteiger partial charge is 0.325 e. The van der Waals surface area contributed by atoms with E-state index in [1.165, 1.54) is 12.8 Å². The zero-order valence-corrected chi connectivity index (χ0v) is 19.4. The maximum Gasteiger partial charge on any atom is 0.245 e. The molecule has 170 valence electrons. The summed E-state index contributed by atoms with van der Waals surface area (Å²) in [6.45, 7) is 4.33. The van der Waals surface area contributed by atoms with Crippen LogP contribution in [0.5, 0.6) is 0 Å². The number of nitrogens with one attached hydrogen (secondary N) is 2. The standard InChI is InChI=1S/C23H30N4O2.2ClH/c1-17-9-11-18(12-10-17)22(24)23(29)26-20-8-6-7-19(15-20)25-21(28)16-27-13-4-2-3-5-14-27;;/h6-12,15,22H,2-5,13-14,16,24H2,1H3,(H,25,28)(H,26,29);2*1H. The highest BCUT2D eigenvalue weighted by atomic mass is 35.5. The number of likely N-dealkylation sites (tertiary alicyclic amines) is 1. The second-order valence-electron chi connectivity index (χ2n) is 7.70. The van der Waals surface area contributed by atoms with E-state index in [4.69, 9.17) is 5.73 Å². The summed E-state index contributed by atoms with van der Waals surface area (Å²) in [4.78, 5) is 27.1. The Bertz CT molecular complexity index is 838. The molecule has 1 heterocycles. The van der Waals surface area contributed by atoms with E-state index < -0.39 is 6.04 Å². The van der Waals surface area contributed by atoms with Crippen molar-refractivity contribution in [3.05, 3.63) is 59.7 Å². The smallest absolute Gasteiger partial charge is 0.245 e. The summed E-state index contributed by atoms with van der Waals surface area (Å²) < 4.78 is 0. The molecule has 2 aromatic rings. The zero-order valence-electron chi connectivity index (χ0n) is 17.8. The first-order valence-electron chi connectivity index (χ1n) is 10.3. The molecule has 4 N–H and O–H groups in total. The lowest BCUT2D eigenvalue weighted by atomic mass is 10.1. The van der Waals surface area contributed by atoms with Crippen LogP contribution in [-0.2, 0) is 9.59 Å². The van der Waals surface area contributed by atoms with Crippen molar-refractivity contribution in [2.24, 2.45) is 5.73 Å². The first-order valence-corrected chi connectivity index (χ1v) is 10.3. The van der Waals surface area contributed by atoms with Crippen LogP contribution in [0, 0.1) is 6.92 Å². The number of amides is 2. The molecule has 0 spiro atoms. The van der Waals surface area contributed by atoms with E-state index in [2.05, 4.69) is 15.5 Å². The predicted molar refractivity (Wildman–Crippen MR) is 131 cm³/mol. The molecule has 0 aliphatic carbocycles. The van der Waals surface area contributed by atoms with Gasteiger partial charge < -0.3 is 16.4 Å². The quantitative estimate of drug-likeness (QED) is 0.592. The average molecular weight is 467 g/mol. The number of nitrogens with zero attached hydrogens (tertiary/aromatic N) is 1. The molecule has 1 unspecified atom stereocenters. The van der Waals surface area contributed by atoms with Crippen molar-refractivity contribution in [3.63, 3.8) is 0 Å². The number of halogens is 2. The van der Waals surface area contributed by atoms with Gasteiger partial charge in [-0.1, -0.05) is 48.7 Å². The number of nitrogens with two attached hydrogens (primary N) is 1. The molecular weight excluding hydrogens is 435 g/mol. The fraction of sp³-hybridized carbons (Fsp3) is 0.391. The normalized spacial score (nSPS) is 14.9. The maximum atomic E-state index is 12.5. The molecule has 0 aromatic heterocycles. The van der Waals surface area contributed by atoms with Gasteiger partial charge in [0, 0.05) is 11.4 Å². The van der Waals surface area contributed by atoms with E-state index in [0.29, 0.717) is 17.9 Å². The fourth-order valence-corrected chi connectivity index (χ4v) is 3.52. The molecule has 1 fully saturated rings. The molecule has 0 saturated carbocycles. The molecule has 1 aliphatic rings. The van der Waals surface area contributed by atoms with Crippen molar-refractivity contribution < 1.29 is 9.59 Å². The summed E-state index contributed by atoms with van der Waals surface area (Å²) >= 11 is 0. The highest BCUT2D eigenvalue weighted by Gasteiger charge is 2.16. The Labute approximate surface area is 196 Å². The van der Waals surface area contributed by atoms with Crippen LogP contribution in [0.1, 0.15) is 42.9 Å². The minimum Gasteiger partial charge on any atom is -0.325 e. The van der Waals surface area contributed by atoms with Crippen LogP contribution in [0.4, 0.5) is 11.4 Å². The minimum atomic E-state index is -0.753. The van der Waals surface area contributed by atoms with Gasteiger partial charge in [-0.2, -0.15) is 0 Å². The van der Waals surface area contributed by atoms with E-state index in [1.807, 2.05) is 37.3 Å². The SMILES string of the molecule is Cc1ccc(C(N)C(=O)Nc2cccc(NC(=O)CN3CCCCCC3)c2)cc1.Cl.Cl. The van der Waals surface area contributed by atoms with Crippen LogP contribution in [0.2, 0.25) is 0 Å². The zero-order chi connectivity index (χ0) is 20.6. The highest BCUT2D eigenvalue weighted by molar-refractivity contribution is 5.97. The first-order chi connectivity index (χ1) is 14.0. The summed E-state index contributed by atoms with van der Waals surface area (Å²) in [5.74, 6) is -0.325. The Hall–Kier alpha value is -2.12. The monoisotopic (exact) mass is 466 g/mol. The molecule has 0 radical (unpaired) electrons. The lowest BCUT2D eigenvalue weighted by Crippen LogP contribution is -2.33. The molecule has 8 heteroatoms. The summed E-state index contributed by atoms with van der Waals surface area (Å²) in [5.41, 5.74) is 9.22. The van der Waals surface area contributed by atoms with Gasteiger partial charge in [0.15, 0.2) is 0 Å². The molecule has 31 heavy (non-hydrogen) atoms. The lowest BCUT2D eigenvalue weighted by Gasteiger charge is -2.19. The Morgan fingerprint density at radius 1 is 0.935 bits per heavy atom. The number of anilines is 2. The van der Waals surface area contributed by atoms with Gasteiger partial charge in [0.1, 0.15) is 6.04 Å². The molecule has 2 amide bonds. The van der Waals surface area contributed by atoms with Crippen LogP contribution in [0.15, 0.2) is 48.5 Å². The Balaban J connectivity index is 0.00000240. The number of rotatable bonds is 6. The number of aryl methyl sites for hydroxylation is 1. The third-order valence-corrected chi connectivity index (χ3v) is 5.20. The van der Waals surface area contributed by atoms with E-state index >= 15 is 0 Å². The Kier molecular flexibility index (Phi) is 11.6. The van der Waals surface area contributed by atoms with Crippen molar-refractivity contribution in [2.45, 2.75) is 38.6 Å². The molecule has 0 bridgehead atoms. The second kappa shape index (κ2) is 13.3. The molecular formula is C23H32Cl2N4O2.